The van der Waals surface area contributed by atoms with E-state index in [9.17, 15) is 13.2 Å². The molecule has 1 aromatic carbocycles. The third-order valence-corrected chi connectivity index (χ3v) is 3.96. The van der Waals surface area contributed by atoms with Crippen molar-refractivity contribution in [2.24, 2.45) is 0 Å². The van der Waals surface area contributed by atoms with Crippen LogP contribution in [0.4, 0.5) is 13.2 Å². The molecule has 0 radical (unpaired) electrons. The Morgan fingerprint density at radius 1 is 1.33 bits per heavy atom. The number of alkyl halides is 5. The van der Waals surface area contributed by atoms with Gasteiger partial charge in [-0.2, -0.15) is 0 Å². The van der Waals surface area contributed by atoms with E-state index in [1.807, 2.05) is 0 Å². The minimum atomic E-state index is -4.64. The molecule has 0 aromatic heterocycles. The van der Waals surface area contributed by atoms with E-state index >= 15 is 0 Å². The minimum absolute atomic E-state index is 0.0331. The molecule has 0 amide bonds. The molecule has 0 saturated heterocycles. The number of ether oxygens (including phenoxy) is 1. The van der Waals surface area contributed by atoms with Crippen LogP contribution in [-0.4, -0.2) is 11.7 Å². The Morgan fingerprint density at radius 3 is 2.53 bits per heavy atom. The molecule has 1 unspecified atom stereocenters. The quantitative estimate of drug-likeness (QED) is 0.735. The Balaban J connectivity index is 2.83. The maximum Gasteiger partial charge on any atom is 0.573 e. The second kappa shape index (κ2) is 5.21. The predicted octanol–water partition coefficient (Wildman–Crippen LogP) is 4.42. The van der Waals surface area contributed by atoms with Crippen LogP contribution in [0.5, 0.6) is 5.75 Å². The molecule has 1 atom stereocenters. The van der Waals surface area contributed by atoms with Gasteiger partial charge in [-0.3, -0.25) is 0 Å². The van der Waals surface area contributed by atoms with Crippen LogP contribution >= 0.6 is 31.9 Å². The SMILES string of the molecule is FC(F)(F)Oc1cccc(C(Br)CBr)c1. The van der Waals surface area contributed by atoms with E-state index in [0.29, 0.717) is 5.33 Å². The van der Waals surface area contributed by atoms with Crippen LogP contribution in [0.1, 0.15) is 10.4 Å². The molecule has 15 heavy (non-hydrogen) atoms. The van der Waals surface area contributed by atoms with Crippen LogP contribution in [0, 0.1) is 0 Å². The van der Waals surface area contributed by atoms with Gasteiger partial charge in [-0.15, -0.1) is 13.2 Å². The van der Waals surface area contributed by atoms with Gasteiger partial charge in [0.2, 0.25) is 0 Å². The Hall–Kier alpha value is -0.230. The second-order valence-electron chi connectivity index (χ2n) is 2.74. The van der Waals surface area contributed by atoms with Crippen LogP contribution in [0.15, 0.2) is 24.3 Å². The monoisotopic (exact) mass is 346 g/mol. The van der Waals surface area contributed by atoms with Gasteiger partial charge < -0.3 is 4.74 Å². The Kier molecular flexibility index (Phi) is 4.45. The van der Waals surface area contributed by atoms with Crippen molar-refractivity contribution in [3.63, 3.8) is 0 Å². The summed E-state index contributed by atoms with van der Waals surface area (Å²) in [5.74, 6) is -0.203. The van der Waals surface area contributed by atoms with Crippen molar-refractivity contribution in [3.05, 3.63) is 29.8 Å². The standard InChI is InChI=1S/C9H7Br2F3O/c10-5-8(11)6-2-1-3-7(4-6)15-9(12,13)14/h1-4,8H,5H2. The fourth-order valence-electron chi connectivity index (χ4n) is 0.996. The molecule has 0 aliphatic rings. The fraction of sp³-hybridized carbons (Fsp3) is 0.333. The van der Waals surface area contributed by atoms with Crippen LogP contribution in [-0.2, 0) is 0 Å². The number of halogens is 5. The van der Waals surface area contributed by atoms with E-state index < -0.39 is 6.36 Å². The third kappa shape index (κ3) is 4.42. The predicted molar refractivity (Wildman–Crippen MR) is 58.6 cm³/mol. The van der Waals surface area contributed by atoms with Crippen molar-refractivity contribution in [3.8, 4) is 5.75 Å². The van der Waals surface area contributed by atoms with Gasteiger partial charge >= 0.3 is 6.36 Å². The lowest BCUT2D eigenvalue weighted by Gasteiger charge is -2.11. The Labute approximate surface area is 102 Å². The summed E-state index contributed by atoms with van der Waals surface area (Å²) in [6.07, 6.45) is -4.64. The lowest BCUT2D eigenvalue weighted by molar-refractivity contribution is -0.274. The minimum Gasteiger partial charge on any atom is -0.406 e. The topological polar surface area (TPSA) is 9.23 Å². The first-order valence-corrected chi connectivity index (χ1v) is 6.02. The van der Waals surface area contributed by atoms with Gasteiger partial charge in [0.15, 0.2) is 0 Å². The third-order valence-electron chi connectivity index (χ3n) is 1.59. The molecule has 0 spiro atoms. The molecule has 84 valence electrons. The van der Waals surface area contributed by atoms with Crippen molar-refractivity contribution in [2.45, 2.75) is 11.2 Å². The first kappa shape index (κ1) is 12.8. The lowest BCUT2D eigenvalue weighted by atomic mass is 10.2. The van der Waals surface area contributed by atoms with E-state index in [2.05, 4.69) is 36.6 Å². The molecule has 6 heteroatoms. The first-order valence-electron chi connectivity index (χ1n) is 3.98. The van der Waals surface area contributed by atoms with Gasteiger partial charge in [-0.1, -0.05) is 44.0 Å². The van der Waals surface area contributed by atoms with E-state index in [-0.39, 0.29) is 10.6 Å². The molecule has 1 aromatic rings. The number of rotatable bonds is 3. The zero-order valence-corrected chi connectivity index (χ0v) is 10.6. The molecule has 0 saturated carbocycles. The van der Waals surface area contributed by atoms with E-state index in [0.717, 1.165) is 5.56 Å². The summed E-state index contributed by atoms with van der Waals surface area (Å²) < 4.78 is 39.5. The molecular formula is C9H7Br2F3O. The first-order chi connectivity index (χ1) is 6.92. The summed E-state index contributed by atoms with van der Waals surface area (Å²) in [4.78, 5) is -0.0331. The molecule has 1 nitrogen and oxygen atoms in total. The van der Waals surface area contributed by atoms with Crippen LogP contribution in [0.3, 0.4) is 0 Å². The highest BCUT2D eigenvalue weighted by Crippen LogP contribution is 2.29. The van der Waals surface area contributed by atoms with E-state index in [4.69, 9.17) is 0 Å². The maximum atomic E-state index is 11.9. The van der Waals surface area contributed by atoms with Gasteiger partial charge in [-0.05, 0) is 17.7 Å². The zero-order valence-electron chi connectivity index (χ0n) is 7.39. The molecule has 1 rings (SSSR count). The van der Waals surface area contributed by atoms with Crippen LogP contribution in [0.25, 0.3) is 0 Å². The van der Waals surface area contributed by atoms with E-state index in [1.54, 1.807) is 6.07 Å². The van der Waals surface area contributed by atoms with Crippen LogP contribution < -0.4 is 4.74 Å². The highest BCUT2D eigenvalue weighted by atomic mass is 79.9. The van der Waals surface area contributed by atoms with Crippen LogP contribution in [0.2, 0.25) is 0 Å². The summed E-state index contributed by atoms with van der Waals surface area (Å²) in [5.41, 5.74) is 0.730. The smallest absolute Gasteiger partial charge is 0.406 e. The van der Waals surface area contributed by atoms with Gasteiger partial charge in [0, 0.05) is 10.2 Å². The van der Waals surface area contributed by atoms with Gasteiger partial charge in [-0.25, -0.2) is 0 Å². The van der Waals surface area contributed by atoms with Crippen molar-refractivity contribution in [1.29, 1.82) is 0 Å². The molecule has 0 fully saturated rings. The number of hydrogen-bond donors (Lipinski definition) is 0. The summed E-state index contributed by atoms with van der Waals surface area (Å²) in [5, 5.41) is 0.614. The summed E-state index contributed by atoms with van der Waals surface area (Å²) >= 11 is 6.54. The highest BCUT2D eigenvalue weighted by Gasteiger charge is 2.31. The summed E-state index contributed by atoms with van der Waals surface area (Å²) in [7, 11) is 0. The molecule has 0 N–H and O–H groups in total. The number of hydrogen-bond acceptors (Lipinski definition) is 1. The fourth-order valence-corrected chi connectivity index (χ4v) is 1.65. The Bertz CT molecular complexity index is 327. The molecule has 0 aliphatic carbocycles. The largest absolute Gasteiger partial charge is 0.573 e. The lowest BCUT2D eigenvalue weighted by Crippen LogP contribution is -2.17. The molecular weight excluding hydrogens is 341 g/mol. The molecule has 0 aliphatic heterocycles. The second-order valence-corrected chi connectivity index (χ2v) is 4.49. The summed E-state index contributed by atoms with van der Waals surface area (Å²) in [6, 6.07) is 5.87. The highest BCUT2D eigenvalue weighted by molar-refractivity contribution is 9.12. The normalized spacial score (nSPS) is 13.7. The average Bonchev–Trinajstić information content (AvgIpc) is 2.14. The molecule has 0 bridgehead atoms. The van der Waals surface area contributed by atoms with E-state index in [1.165, 1.54) is 18.2 Å². The molecule has 0 heterocycles. The maximum absolute atomic E-state index is 11.9. The van der Waals surface area contributed by atoms with Gasteiger partial charge in [0.1, 0.15) is 5.75 Å². The van der Waals surface area contributed by atoms with Crippen molar-refractivity contribution in [1.82, 2.24) is 0 Å². The van der Waals surface area contributed by atoms with Crippen molar-refractivity contribution < 1.29 is 17.9 Å². The van der Waals surface area contributed by atoms with Gasteiger partial charge in [0.25, 0.3) is 0 Å². The zero-order chi connectivity index (χ0) is 11.5. The van der Waals surface area contributed by atoms with Gasteiger partial charge in [0.05, 0.1) is 0 Å². The summed E-state index contributed by atoms with van der Waals surface area (Å²) in [6.45, 7) is 0. The van der Waals surface area contributed by atoms with Crippen molar-refractivity contribution >= 4 is 31.9 Å². The number of benzene rings is 1. The van der Waals surface area contributed by atoms with Crippen molar-refractivity contribution in [2.75, 3.05) is 5.33 Å². The Morgan fingerprint density at radius 2 is 2.00 bits per heavy atom. The average molecular weight is 348 g/mol.